The normalized spacial score (nSPS) is 11.9. The second-order valence-electron chi connectivity index (χ2n) is 6.40. The Morgan fingerprint density at radius 2 is 1.70 bits per heavy atom. The number of ether oxygens (including phenoxy) is 2. The highest BCUT2D eigenvalue weighted by Crippen LogP contribution is 2.25. The highest BCUT2D eigenvalue weighted by molar-refractivity contribution is 7.90. The molecule has 8 nitrogen and oxygen atoms in total. The van der Waals surface area contributed by atoms with Crippen molar-refractivity contribution in [3.63, 3.8) is 0 Å². The molecule has 0 atom stereocenters. The predicted octanol–water partition coefficient (Wildman–Crippen LogP) is 2.83. The lowest BCUT2D eigenvalue weighted by atomic mass is 10.2. The maximum Gasteiger partial charge on any atom is 0.354 e. The van der Waals surface area contributed by atoms with E-state index in [0.29, 0.717) is 16.6 Å². The van der Waals surface area contributed by atoms with E-state index >= 15 is 0 Å². The Morgan fingerprint density at radius 3 is 2.33 bits per heavy atom. The number of nitrogens with zero attached hydrogens (tertiary/aromatic N) is 1. The lowest BCUT2D eigenvalue weighted by molar-refractivity contribution is -0.138. The van der Waals surface area contributed by atoms with Crippen molar-refractivity contribution in [1.29, 1.82) is 0 Å². The summed E-state index contributed by atoms with van der Waals surface area (Å²) in [4.78, 5) is 23.6. The minimum atomic E-state index is -3.76. The van der Waals surface area contributed by atoms with Crippen LogP contribution in [0.1, 0.15) is 5.56 Å². The summed E-state index contributed by atoms with van der Waals surface area (Å²) >= 11 is 0. The van der Waals surface area contributed by atoms with E-state index in [1.54, 1.807) is 48.5 Å². The Labute approximate surface area is 173 Å². The summed E-state index contributed by atoms with van der Waals surface area (Å²) in [5.41, 5.74) is 1.78. The topological polar surface area (TPSA) is 104 Å². The Bertz CT molecular complexity index is 1240. The summed E-state index contributed by atoms with van der Waals surface area (Å²) in [7, 11) is -1.38. The summed E-state index contributed by atoms with van der Waals surface area (Å²) in [6, 6.07) is 13.1. The number of aromatic nitrogens is 1. The Kier molecular flexibility index (Phi) is 5.93. The first-order valence-electron chi connectivity index (χ1n) is 8.84. The number of benzene rings is 2. The van der Waals surface area contributed by atoms with E-state index in [4.69, 9.17) is 0 Å². The zero-order chi connectivity index (χ0) is 21.9. The van der Waals surface area contributed by atoms with Crippen molar-refractivity contribution in [2.24, 2.45) is 0 Å². The van der Waals surface area contributed by atoms with Crippen molar-refractivity contribution in [3.05, 3.63) is 72.1 Å². The van der Waals surface area contributed by atoms with Crippen LogP contribution in [-0.2, 0) is 29.1 Å². The number of esters is 2. The van der Waals surface area contributed by atoms with Gasteiger partial charge in [-0.05, 0) is 43.3 Å². The molecule has 0 fully saturated rings. The van der Waals surface area contributed by atoms with E-state index in [1.165, 1.54) is 24.4 Å². The monoisotopic (exact) mass is 428 g/mol. The molecule has 1 heterocycles. The lowest BCUT2D eigenvalue weighted by Crippen LogP contribution is -2.15. The highest BCUT2D eigenvalue weighted by Gasteiger charge is 2.19. The van der Waals surface area contributed by atoms with Crippen LogP contribution in [0.15, 0.2) is 71.4 Å². The molecule has 0 aliphatic rings. The molecule has 3 aromatic rings. The smallest absolute Gasteiger partial charge is 0.354 e. The van der Waals surface area contributed by atoms with Crippen molar-refractivity contribution in [3.8, 4) is 0 Å². The number of methoxy groups -OCH3 is 2. The number of hydrogen-bond donors (Lipinski definition) is 1. The van der Waals surface area contributed by atoms with E-state index in [9.17, 15) is 18.0 Å². The van der Waals surface area contributed by atoms with Gasteiger partial charge in [0.2, 0.25) is 0 Å². The second-order valence-corrected chi connectivity index (χ2v) is 8.22. The zero-order valence-corrected chi connectivity index (χ0v) is 17.4. The van der Waals surface area contributed by atoms with Gasteiger partial charge in [-0.2, -0.15) is 0 Å². The number of rotatable bonds is 6. The molecule has 0 aliphatic carbocycles. The molecule has 1 N–H and O–H groups in total. The number of anilines is 1. The molecular weight excluding hydrogens is 408 g/mol. The molecule has 0 saturated heterocycles. The largest absolute Gasteiger partial charge is 0.466 e. The van der Waals surface area contributed by atoms with Crippen LogP contribution in [-0.4, -0.2) is 38.5 Å². The van der Waals surface area contributed by atoms with Crippen LogP contribution in [0.3, 0.4) is 0 Å². The first-order chi connectivity index (χ1) is 14.3. The zero-order valence-electron chi connectivity index (χ0n) is 16.6. The minimum absolute atomic E-state index is 0.115. The highest BCUT2D eigenvalue weighted by atomic mass is 32.2. The van der Waals surface area contributed by atoms with Crippen molar-refractivity contribution in [2.45, 2.75) is 11.8 Å². The average Bonchev–Trinajstić information content (AvgIpc) is 3.17. The van der Waals surface area contributed by atoms with Gasteiger partial charge in [0.25, 0.3) is 10.0 Å². The number of nitrogens with one attached hydrogen (secondary N) is 1. The Morgan fingerprint density at radius 1 is 1.00 bits per heavy atom. The molecule has 156 valence electrons. The van der Waals surface area contributed by atoms with Crippen molar-refractivity contribution < 1.29 is 27.5 Å². The molecule has 0 bridgehead atoms. The van der Waals surface area contributed by atoms with E-state index in [2.05, 4.69) is 14.8 Å². The molecule has 0 amide bonds. The number of hydrogen-bond acceptors (Lipinski definition) is 7. The standard InChI is InChI=1S/C21H20N2O6S/c1-14-4-7-17(8-5-14)30(26,27)23-11-10-15-12-16(6-9-19(15)23)22-18(21(25)29-3)13-20(24)28-2/h4-13,22H,1-3H3/b18-13+. The van der Waals surface area contributed by atoms with Crippen molar-refractivity contribution in [2.75, 3.05) is 19.5 Å². The minimum Gasteiger partial charge on any atom is -0.466 e. The van der Waals surface area contributed by atoms with Crippen LogP contribution >= 0.6 is 0 Å². The van der Waals surface area contributed by atoms with Crippen molar-refractivity contribution in [1.82, 2.24) is 3.97 Å². The third-order valence-corrected chi connectivity index (χ3v) is 6.08. The lowest BCUT2D eigenvalue weighted by Gasteiger charge is -2.11. The van der Waals surface area contributed by atoms with Gasteiger partial charge in [-0.15, -0.1) is 0 Å². The first kappa shape index (κ1) is 21.1. The summed E-state index contributed by atoms with van der Waals surface area (Å²) in [6.45, 7) is 1.88. The van der Waals surface area contributed by atoms with Crippen molar-refractivity contribution >= 4 is 38.6 Å². The maximum atomic E-state index is 13.0. The van der Waals surface area contributed by atoms with Crippen LogP contribution in [0.2, 0.25) is 0 Å². The van der Waals surface area contributed by atoms with E-state index < -0.39 is 22.0 Å². The summed E-state index contributed by atoms with van der Waals surface area (Å²) in [5.74, 6) is -1.47. The Balaban J connectivity index is 1.97. The maximum absolute atomic E-state index is 13.0. The van der Waals surface area contributed by atoms with Crippen LogP contribution < -0.4 is 5.32 Å². The molecule has 0 radical (unpaired) electrons. The van der Waals surface area contributed by atoms with Gasteiger partial charge in [0.1, 0.15) is 5.70 Å². The van der Waals surface area contributed by atoms with Gasteiger partial charge >= 0.3 is 11.9 Å². The van der Waals surface area contributed by atoms with Gasteiger partial charge in [-0.25, -0.2) is 22.0 Å². The van der Waals surface area contributed by atoms with Gasteiger partial charge in [0, 0.05) is 17.3 Å². The average molecular weight is 428 g/mol. The third-order valence-electron chi connectivity index (χ3n) is 4.38. The molecule has 0 saturated carbocycles. The fourth-order valence-electron chi connectivity index (χ4n) is 2.82. The molecule has 3 rings (SSSR count). The van der Waals surface area contributed by atoms with E-state index in [0.717, 1.165) is 11.6 Å². The molecule has 0 unspecified atom stereocenters. The third kappa shape index (κ3) is 4.20. The second kappa shape index (κ2) is 8.42. The molecular formula is C21H20N2O6S. The number of carbonyl (C=O) groups excluding carboxylic acids is 2. The number of fused-ring (bicyclic) bond motifs is 1. The van der Waals surface area contributed by atoms with Crippen LogP contribution in [0.4, 0.5) is 5.69 Å². The molecule has 9 heteroatoms. The first-order valence-corrected chi connectivity index (χ1v) is 10.3. The van der Waals surface area contributed by atoms with Gasteiger partial charge in [-0.3, -0.25) is 0 Å². The summed E-state index contributed by atoms with van der Waals surface area (Å²) in [5, 5.41) is 3.42. The molecule has 0 aliphatic heterocycles. The van der Waals surface area contributed by atoms with Gasteiger partial charge in [-0.1, -0.05) is 17.7 Å². The fraction of sp³-hybridized carbons (Fsp3) is 0.143. The molecule has 0 spiro atoms. The molecule has 30 heavy (non-hydrogen) atoms. The van der Waals surface area contributed by atoms with Crippen LogP contribution in [0, 0.1) is 6.92 Å². The number of aryl methyl sites for hydroxylation is 1. The quantitative estimate of drug-likeness (QED) is 0.476. The van der Waals surface area contributed by atoms with Gasteiger partial charge in [0.15, 0.2) is 0 Å². The number of carbonyl (C=O) groups is 2. The Hall–Kier alpha value is -3.59. The van der Waals surface area contributed by atoms with Gasteiger partial charge < -0.3 is 14.8 Å². The summed E-state index contributed by atoms with van der Waals surface area (Å²) < 4.78 is 36.4. The molecule has 2 aromatic carbocycles. The van der Waals surface area contributed by atoms with E-state index in [-0.39, 0.29) is 10.6 Å². The fourth-order valence-corrected chi connectivity index (χ4v) is 4.17. The van der Waals surface area contributed by atoms with Crippen LogP contribution in [0.5, 0.6) is 0 Å². The van der Waals surface area contributed by atoms with Gasteiger partial charge in [0.05, 0.1) is 30.7 Å². The SMILES string of the molecule is COC(=O)/C=C(/Nc1ccc2c(ccn2S(=O)(=O)c2ccc(C)cc2)c1)C(=O)OC. The summed E-state index contributed by atoms with van der Waals surface area (Å²) in [6.07, 6.45) is 2.44. The van der Waals surface area contributed by atoms with E-state index in [1.807, 2.05) is 6.92 Å². The van der Waals surface area contributed by atoms with Crippen LogP contribution in [0.25, 0.3) is 10.9 Å². The predicted molar refractivity (Wildman–Crippen MR) is 111 cm³/mol. The molecule has 1 aromatic heterocycles.